The summed E-state index contributed by atoms with van der Waals surface area (Å²) in [4.78, 5) is 8.50. The van der Waals surface area contributed by atoms with Gasteiger partial charge in [0.1, 0.15) is 17.3 Å². The van der Waals surface area contributed by atoms with E-state index in [9.17, 15) is 18.3 Å². The second-order valence-corrected chi connectivity index (χ2v) is 4.76. The van der Waals surface area contributed by atoms with Crippen LogP contribution in [0, 0.1) is 13.8 Å². The fourth-order valence-corrected chi connectivity index (χ4v) is 2.28. The van der Waals surface area contributed by atoms with Gasteiger partial charge < -0.3 is 9.84 Å². The Balaban J connectivity index is 2.59. The molecule has 0 spiro atoms. The molecule has 22 heavy (non-hydrogen) atoms. The predicted octanol–water partition coefficient (Wildman–Crippen LogP) is 3.93. The molecule has 0 aliphatic heterocycles. The molecule has 1 aromatic heterocycles. The molecule has 7 heteroatoms. The second kappa shape index (κ2) is 5.82. The monoisotopic (exact) mass is 312 g/mol. The van der Waals surface area contributed by atoms with Crippen LogP contribution in [-0.2, 0) is 6.42 Å². The molecule has 1 heterocycles. The third-order valence-electron chi connectivity index (χ3n) is 3.14. The van der Waals surface area contributed by atoms with Gasteiger partial charge in [0.15, 0.2) is 0 Å². The molecule has 0 bridgehead atoms. The topological polar surface area (TPSA) is 55.2 Å². The van der Waals surface area contributed by atoms with Crippen molar-refractivity contribution in [3.8, 4) is 22.8 Å². The van der Waals surface area contributed by atoms with Crippen LogP contribution in [0.15, 0.2) is 18.2 Å². The van der Waals surface area contributed by atoms with Crippen LogP contribution in [0.25, 0.3) is 11.3 Å². The standard InChI is InChI=1S/C15H15F3N2O2/c1-4-11-8(2)19-9(3)20-14(11)12-7-10(5-6-13(12)21)22-15(16,17)18/h5-7,21H,4H2,1-3H3. The number of alkyl halides is 3. The minimum atomic E-state index is -4.79. The van der Waals surface area contributed by atoms with Crippen LogP contribution in [0.1, 0.15) is 24.0 Å². The van der Waals surface area contributed by atoms with Gasteiger partial charge in [0.2, 0.25) is 0 Å². The van der Waals surface area contributed by atoms with E-state index in [1.54, 1.807) is 13.8 Å². The number of phenolic OH excluding ortho intramolecular Hbond substituents is 1. The van der Waals surface area contributed by atoms with E-state index < -0.39 is 12.1 Å². The number of aromatic nitrogens is 2. The maximum Gasteiger partial charge on any atom is 0.573 e. The Morgan fingerprint density at radius 2 is 1.86 bits per heavy atom. The fourth-order valence-electron chi connectivity index (χ4n) is 2.28. The summed E-state index contributed by atoms with van der Waals surface area (Å²) >= 11 is 0. The number of aromatic hydroxyl groups is 1. The number of halogens is 3. The molecule has 4 nitrogen and oxygen atoms in total. The first-order valence-corrected chi connectivity index (χ1v) is 6.64. The van der Waals surface area contributed by atoms with Crippen molar-refractivity contribution in [2.45, 2.75) is 33.6 Å². The number of phenols is 1. The lowest BCUT2D eigenvalue weighted by Gasteiger charge is -2.14. The molecule has 0 saturated carbocycles. The van der Waals surface area contributed by atoms with Gasteiger partial charge in [0.05, 0.1) is 5.69 Å². The molecular weight excluding hydrogens is 297 g/mol. The molecule has 118 valence electrons. The summed E-state index contributed by atoms with van der Waals surface area (Å²) in [6.45, 7) is 5.37. The van der Waals surface area contributed by atoms with Crippen LogP contribution < -0.4 is 4.74 Å². The molecule has 1 aromatic carbocycles. The Morgan fingerprint density at radius 3 is 2.45 bits per heavy atom. The highest BCUT2D eigenvalue weighted by molar-refractivity contribution is 5.71. The molecule has 0 radical (unpaired) electrons. The Kier molecular flexibility index (Phi) is 4.25. The Bertz CT molecular complexity index is 700. The lowest BCUT2D eigenvalue weighted by atomic mass is 10.0. The molecule has 0 aliphatic carbocycles. The number of rotatable bonds is 3. The Labute approximate surface area is 125 Å². The SMILES string of the molecule is CCc1c(C)nc(C)nc1-c1cc(OC(F)(F)F)ccc1O. The molecule has 0 amide bonds. The van der Waals surface area contributed by atoms with Gasteiger partial charge in [-0.15, -0.1) is 13.2 Å². The van der Waals surface area contributed by atoms with E-state index >= 15 is 0 Å². The smallest absolute Gasteiger partial charge is 0.507 e. The van der Waals surface area contributed by atoms with Gasteiger partial charge >= 0.3 is 6.36 Å². The van der Waals surface area contributed by atoms with Gasteiger partial charge in [-0.2, -0.15) is 0 Å². The van der Waals surface area contributed by atoms with Gasteiger partial charge in [-0.3, -0.25) is 0 Å². The Hall–Kier alpha value is -2.31. The molecule has 1 N–H and O–H groups in total. The zero-order valence-corrected chi connectivity index (χ0v) is 12.3. The molecule has 2 aromatic rings. The largest absolute Gasteiger partial charge is 0.573 e. The fraction of sp³-hybridized carbons (Fsp3) is 0.333. The van der Waals surface area contributed by atoms with Crippen molar-refractivity contribution in [2.24, 2.45) is 0 Å². The lowest BCUT2D eigenvalue weighted by Crippen LogP contribution is -2.17. The zero-order chi connectivity index (χ0) is 16.5. The average Bonchev–Trinajstić information content (AvgIpc) is 2.38. The molecule has 0 aliphatic rings. The summed E-state index contributed by atoms with van der Waals surface area (Å²) in [7, 11) is 0. The average molecular weight is 312 g/mol. The summed E-state index contributed by atoms with van der Waals surface area (Å²) in [6.07, 6.45) is -4.20. The van der Waals surface area contributed by atoms with Gasteiger partial charge in [-0.1, -0.05) is 6.92 Å². The minimum Gasteiger partial charge on any atom is -0.507 e. The van der Waals surface area contributed by atoms with Gasteiger partial charge in [-0.05, 0) is 44.0 Å². The van der Waals surface area contributed by atoms with Crippen LogP contribution in [0.3, 0.4) is 0 Å². The minimum absolute atomic E-state index is 0.165. The number of benzene rings is 1. The zero-order valence-electron chi connectivity index (χ0n) is 12.3. The maximum atomic E-state index is 12.3. The first kappa shape index (κ1) is 16.1. The van der Waals surface area contributed by atoms with E-state index in [-0.39, 0.29) is 11.3 Å². The third kappa shape index (κ3) is 3.47. The lowest BCUT2D eigenvalue weighted by molar-refractivity contribution is -0.274. The highest BCUT2D eigenvalue weighted by atomic mass is 19.4. The number of nitrogens with zero attached hydrogens (tertiary/aromatic N) is 2. The van der Waals surface area contributed by atoms with Crippen molar-refractivity contribution in [3.63, 3.8) is 0 Å². The first-order chi connectivity index (χ1) is 10.2. The molecule has 0 saturated heterocycles. The quantitative estimate of drug-likeness (QED) is 0.933. The highest BCUT2D eigenvalue weighted by Crippen LogP contribution is 2.36. The van der Waals surface area contributed by atoms with E-state index in [4.69, 9.17) is 0 Å². The molecule has 2 rings (SSSR count). The van der Waals surface area contributed by atoms with Crippen molar-refractivity contribution >= 4 is 0 Å². The van der Waals surface area contributed by atoms with Crippen LogP contribution in [0.4, 0.5) is 13.2 Å². The number of hydrogen-bond donors (Lipinski definition) is 1. The van der Waals surface area contributed by atoms with E-state index in [2.05, 4.69) is 14.7 Å². The number of hydrogen-bond acceptors (Lipinski definition) is 4. The summed E-state index contributed by atoms with van der Waals surface area (Å²) in [6, 6.07) is 3.34. The third-order valence-corrected chi connectivity index (χ3v) is 3.14. The second-order valence-electron chi connectivity index (χ2n) is 4.76. The van der Waals surface area contributed by atoms with Crippen LogP contribution in [0.2, 0.25) is 0 Å². The van der Waals surface area contributed by atoms with Crippen molar-refractivity contribution < 1.29 is 23.0 Å². The highest BCUT2D eigenvalue weighted by Gasteiger charge is 2.31. The summed E-state index contributed by atoms with van der Waals surface area (Å²) in [5, 5.41) is 9.99. The van der Waals surface area contributed by atoms with E-state index in [0.29, 0.717) is 17.9 Å². The number of aryl methyl sites for hydroxylation is 2. The van der Waals surface area contributed by atoms with Crippen molar-refractivity contribution in [3.05, 3.63) is 35.3 Å². The van der Waals surface area contributed by atoms with Gasteiger partial charge in [0, 0.05) is 11.3 Å². The predicted molar refractivity (Wildman–Crippen MR) is 74.7 cm³/mol. The van der Waals surface area contributed by atoms with Gasteiger partial charge in [0.25, 0.3) is 0 Å². The molecular formula is C15H15F3N2O2. The summed E-state index contributed by atoms with van der Waals surface area (Å²) in [5.41, 5.74) is 2.10. The van der Waals surface area contributed by atoms with Gasteiger partial charge in [-0.25, -0.2) is 9.97 Å². The molecule has 0 unspecified atom stereocenters. The van der Waals surface area contributed by atoms with E-state index in [1.165, 1.54) is 0 Å². The van der Waals surface area contributed by atoms with Crippen molar-refractivity contribution in [1.82, 2.24) is 9.97 Å². The van der Waals surface area contributed by atoms with E-state index in [0.717, 1.165) is 29.5 Å². The van der Waals surface area contributed by atoms with Crippen LogP contribution in [0.5, 0.6) is 11.5 Å². The van der Waals surface area contributed by atoms with Crippen LogP contribution in [-0.4, -0.2) is 21.4 Å². The van der Waals surface area contributed by atoms with Crippen molar-refractivity contribution in [1.29, 1.82) is 0 Å². The number of ether oxygens (including phenoxy) is 1. The van der Waals surface area contributed by atoms with Crippen molar-refractivity contribution in [2.75, 3.05) is 0 Å². The van der Waals surface area contributed by atoms with E-state index in [1.807, 2.05) is 6.92 Å². The van der Waals surface area contributed by atoms with Crippen LogP contribution >= 0.6 is 0 Å². The maximum absolute atomic E-state index is 12.3. The summed E-state index contributed by atoms with van der Waals surface area (Å²) in [5.74, 6) is -0.0933. The molecule has 0 fully saturated rings. The molecule has 0 atom stereocenters. The normalized spacial score (nSPS) is 11.5. The Morgan fingerprint density at radius 1 is 1.18 bits per heavy atom. The first-order valence-electron chi connectivity index (χ1n) is 6.64. The summed E-state index contributed by atoms with van der Waals surface area (Å²) < 4.78 is 40.9.